The number of piperidine rings is 3. The Labute approximate surface area is 390 Å². The van der Waals surface area contributed by atoms with E-state index in [1.54, 1.807) is 19.2 Å². The van der Waals surface area contributed by atoms with Crippen LogP contribution in [0.5, 0.6) is 0 Å². The number of aryl methyl sites for hydroxylation is 1. The fourth-order valence-corrected chi connectivity index (χ4v) is 12.4. The second-order valence-electron chi connectivity index (χ2n) is 18.9. The zero-order valence-electron chi connectivity index (χ0n) is 39.1. The third kappa shape index (κ3) is 12.6. The van der Waals surface area contributed by atoms with Crippen molar-refractivity contribution in [2.75, 3.05) is 64.9 Å². The molecule has 0 bridgehead atoms. The second kappa shape index (κ2) is 24.0. The van der Waals surface area contributed by atoms with Crippen LogP contribution >= 0.6 is 11.9 Å². The number of nitrogens with zero attached hydrogens (tertiary/aromatic N) is 7. The molecule has 2 N–H and O–H groups in total. The summed E-state index contributed by atoms with van der Waals surface area (Å²) in [7, 11) is 3.52. The summed E-state index contributed by atoms with van der Waals surface area (Å²) in [6, 6.07) is 3.09. The standard InChI is InChI=1S/C49H72FN9O5S/c1-35-9-6-11-43(35)55(5)46(37(32-51-3)10-7-27-60)54-33-53-38-14-23-58(24-15-38)65-40-16-21-56(22-17-40)39-13-18-49(31-39)19-25-57(26-20-49)45-30-41(36(2)29-42(45)50)48(64)59(34-62)44(12-8-28-61)47(63)52-4/h7,10,27-30,32,34-35,38-40,43-44,53H,3,6,8-9,11-26,31,33H2,1-2,4-5H3,(H,52,63)/b10-7-,37-32-,54-46+. The van der Waals surface area contributed by atoms with Crippen molar-refractivity contribution in [3.8, 4) is 0 Å². The number of carbonyl (C=O) groups excluding carboxylic acids is 5. The van der Waals surface area contributed by atoms with Gasteiger partial charge in [0.1, 0.15) is 30.3 Å². The zero-order valence-corrected chi connectivity index (χ0v) is 39.9. The Morgan fingerprint density at radius 2 is 1.75 bits per heavy atom. The van der Waals surface area contributed by atoms with Gasteiger partial charge < -0.3 is 24.8 Å². The van der Waals surface area contributed by atoms with Crippen molar-refractivity contribution in [1.29, 1.82) is 0 Å². The number of benzene rings is 1. The molecule has 4 atom stereocenters. The van der Waals surface area contributed by atoms with E-state index in [0.29, 0.717) is 73.0 Å². The number of nitrogens with one attached hydrogen (secondary N) is 2. The predicted octanol–water partition coefficient (Wildman–Crippen LogP) is 5.95. The molecule has 3 heterocycles. The summed E-state index contributed by atoms with van der Waals surface area (Å²) in [6.45, 7) is 13.8. The number of aldehydes is 2. The molecule has 65 heavy (non-hydrogen) atoms. The molecule has 1 aromatic carbocycles. The van der Waals surface area contributed by atoms with Crippen LogP contribution in [0.2, 0.25) is 0 Å². The number of aliphatic imine (C=N–C) groups is 2. The Kier molecular flexibility index (Phi) is 18.5. The number of carbonyl (C=O) groups is 5. The lowest BCUT2D eigenvalue weighted by molar-refractivity contribution is -0.131. The minimum Gasteiger partial charge on any atom is -0.369 e. The number of imide groups is 1. The molecule has 3 amide bonds. The van der Waals surface area contributed by atoms with Crippen molar-refractivity contribution < 1.29 is 28.4 Å². The van der Waals surface area contributed by atoms with Crippen LogP contribution in [0.3, 0.4) is 0 Å². The number of anilines is 1. The average molecular weight is 918 g/mol. The maximum absolute atomic E-state index is 15.6. The van der Waals surface area contributed by atoms with Crippen molar-refractivity contribution in [2.24, 2.45) is 21.3 Å². The van der Waals surface area contributed by atoms with Gasteiger partial charge in [-0.15, -0.1) is 0 Å². The summed E-state index contributed by atoms with van der Waals surface area (Å²) in [5, 5.41) is 6.80. The molecule has 3 aliphatic heterocycles. The van der Waals surface area contributed by atoms with Crippen LogP contribution in [-0.4, -0.2) is 152 Å². The smallest absolute Gasteiger partial charge is 0.261 e. The highest BCUT2D eigenvalue weighted by molar-refractivity contribution is 7.97. The van der Waals surface area contributed by atoms with E-state index in [1.165, 1.54) is 63.8 Å². The molecule has 2 saturated carbocycles. The first-order valence-corrected chi connectivity index (χ1v) is 24.7. The molecule has 2 aliphatic carbocycles. The predicted molar refractivity (Wildman–Crippen MR) is 258 cm³/mol. The molecular formula is C49H72FN9O5S. The van der Waals surface area contributed by atoms with Crippen molar-refractivity contribution in [3.63, 3.8) is 0 Å². The Balaban J connectivity index is 0.945. The third-order valence-corrected chi connectivity index (χ3v) is 16.4. The summed E-state index contributed by atoms with van der Waals surface area (Å²) in [5.41, 5.74) is 1.90. The van der Waals surface area contributed by atoms with E-state index in [4.69, 9.17) is 4.99 Å². The first kappa shape index (κ1) is 50.2. The van der Waals surface area contributed by atoms with Crippen molar-refractivity contribution in [3.05, 3.63) is 53.0 Å². The Hall–Kier alpha value is -4.25. The molecule has 0 radical (unpaired) electrons. The van der Waals surface area contributed by atoms with Gasteiger partial charge in [0.25, 0.3) is 5.91 Å². The van der Waals surface area contributed by atoms with Crippen LogP contribution in [0.1, 0.15) is 113 Å². The molecule has 1 aromatic rings. The molecule has 3 saturated heterocycles. The molecule has 356 valence electrons. The first-order valence-electron chi connectivity index (χ1n) is 23.9. The van der Waals surface area contributed by atoms with Crippen LogP contribution < -0.4 is 15.5 Å². The summed E-state index contributed by atoms with van der Waals surface area (Å²) in [6.07, 6.45) is 20.2. The van der Waals surface area contributed by atoms with Crippen LogP contribution in [0.4, 0.5) is 10.1 Å². The van der Waals surface area contributed by atoms with Gasteiger partial charge >= 0.3 is 0 Å². The van der Waals surface area contributed by atoms with Crippen molar-refractivity contribution >= 4 is 61.0 Å². The van der Waals surface area contributed by atoms with Gasteiger partial charge in [-0.3, -0.25) is 43.7 Å². The van der Waals surface area contributed by atoms with Crippen LogP contribution in [0.25, 0.3) is 0 Å². The van der Waals surface area contributed by atoms with Gasteiger partial charge in [-0.05, 0) is 145 Å². The monoisotopic (exact) mass is 918 g/mol. The fraction of sp³-hybridized carbons (Fsp3) is 0.653. The number of hydrogen-bond acceptors (Lipinski definition) is 12. The normalized spacial score (nSPS) is 24.3. The second-order valence-corrected chi connectivity index (χ2v) is 20.3. The molecule has 0 aromatic heterocycles. The van der Waals surface area contributed by atoms with Crippen molar-refractivity contribution in [2.45, 2.75) is 133 Å². The van der Waals surface area contributed by atoms with E-state index in [9.17, 15) is 24.0 Å². The maximum atomic E-state index is 15.6. The molecule has 16 heteroatoms. The van der Waals surface area contributed by atoms with E-state index in [2.05, 4.69) is 62.4 Å². The molecule has 1 spiro atoms. The molecular weight excluding hydrogens is 846 g/mol. The highest BCUT2D eigenvalue weighted by Crippen LogP contribution is 2.49. The number of rotatable bonds is 19. The van der Waals surface area contributed by atoms with Crippen LogP contribution in [-0.2, 0) is 19.2 Å². The topological polar surface area (TPSA) is 150 Å². The SMILES string of the molecule is C=N/C=C(/C=C\C=O)C(=N/CNC1CCN(SC2CCN(C3CCC4(CCN(c5cc(C(=O)N(C=O)C(CCC=O)C(=O)NC)c(C)cc5F)CC4)C3)CC2)CC1)\N(C)C1CCCC1C. The van der Waals surface area contributed by atoms with Gasteiger partial charge in [-0.25, -0.2) is 4.39 Å². The quantitative estimate of drug-likeness (QED) is 0.0424. The number of allylic oxidation sites excluding steroid dienone is 1. The fourth-order valence-electron chi connectivity index (χ4n) is 11.1. The van der Waals surface area contributed by atoms with E-state index >= 15 is 4.39 Å². The van der Waals surface area contributed by atoms with E-state index < -0.39 is 23.7 Å². The van der Waals surface area contributed by atoms with Gasteiger partial charge in [-0.1, -0.05) is 25.3 Å². The van der Waals surface area contributed by atoms with E-state index in [1.807, 2.05) is 4.90 Å². The van der Waals surface area contributed by atoms with Gasteiger partial charge in [0.05, 0.1) is 12.4 Å². The first-order chi connectivity index (χ1) is 31.4. The minimum atomic E-state index is -1.15. The lowest BCUT2D eigenvalue weighted by Gasteiger charge is -2.42. The van der Waals surface area contributed by atoms with Gasteiger partial charge in [0.2, 0.25) is 12.3 Å². The summed E-state index contributed by atoms with van der Waals surface area (Å²) in [5.74, 6) is -0.228. The number of amidine groups is 1. The van der Waals surface area contributed by atoms with Gasteiger partial charge in [0.15, 0.2) is 0 Å². The molecule has 14 nitrogen and oxygen atoms in total. The number of likely N-dealkylation sites (tertiary alicyclic amines) is 1. The zero-order chi connectivity index (χ0) is 46.5. The molecule has 5 fully saturated rings. The number of halogens is 1. The van der Waals surface area contributed by atoms with Gasteiger partial charge in [-0.2, -0.15) is 0 Å². The average Bonchev–Trinajstić information content (AvgIpc) is 3.94. The Bertz CT molecular complexity index is 1920. The highest BCUT2D eigenvalue weighted by Gasteiger charge is 2.44. The van der Waals surface area contributed by atoms with E-state index in [-0.39, 0.29) is 23.8 Å². The number of hydrogen-bond donors (Lipinski definition) is 2. The Morgan fingerprint density at radius 3 is 2.38 bits per heavy atom. The third-order valence-electron chi connectivity index (χ3n) is 15.0. The van der Waals surface area contributed by atoms with Gasteiger partial charge in [0, 0.05) is 87.4 Å². The number of likely N-dealkylation sites (N-methyl/N-ethyl adjacent to an activating group) is 2. The highest BCUT2D eigenvalue weighted by atomic mass is 32.2. The molecule has 5 aliphatic rings. The summed E-state index contributed by atoms with van der Waals surface area (Å²) >= 11 is 2.06. The summed E-state index contributed by atoms with van der Waals surface area (Å²) < 4.78 is 18.2. The van der Waals surface area contributed by atoms with Crippen LogP contribution in [0, 0.1) is 24.1 Å². The molecule has 4 unspecified atom stereocenters. The van der Waals surface area contributed by atoms with Crippen LogP contribution in [0.15, 0.2) is 46.0 Å². The maximum Gasteiger partial charge on any atom is 0.261 e. The summed E-state index contributed by atoms with van der Waals surface area (Å²) in [4.78, 5) is 77.6. The Morgan fingerprint density at radius 1 is 1.02 bits per heavy atom. The largest absolute Gasteiger partial charge is 0.369 e. The number of amides is 3. The minimum absolute atomic E-state index is 0.00189. The lowest BCUT2D eigenvalue weighted by atomic mass is 9.76. The lowest BCUT2D eigenvalue weighted by Crippen LogP contribution is -2.48. The molecule has 6 rings (SSSR count). The van der Waals surface area contributed by atoms with E-state index in [0.717, 1.165) is 87.3 Å². The van der Waals surface area contributed by atoms with Crippen molar-refractivity contribution in [1.82, 2.24) is 29.6 Å².